The average molecular weight is 178 g/mol. The van der Waals surface area contributed by atoms with Gasteiger partial charge in [-0.1, -0.05) is 0 Å². The second-order valence-corrected chi connectivity index (χ2v) is 3.36. The van der Waals surface area contributed by atoms with Crippen molar-refractivity contribution in [3.63, 3.8) is 0 Å². The average Bonchev–Trinajstić information content (AvgIpc) is 1.79. The summed E-state index contributed by atoms with van der Waals surface area (Å²) in [5, 5.41) is -0.558. The molecule has 0 heterocycles. The summed E-state index contributed by atoms with van der Waals surface area (Å²) in [6, 6.07) is 0. The molecule has 64 valence electrons. The largest absolute Gasteiger partial charge is 0.330 e. The molecule has 11 heavy (non-hydrogen) atoms. The van der Waals surface area contributed by atoms with Crippen molar-refractivity contribution in [2.45, 2.75) is 13.8 Å². The van der Waals surface area contributed by atoms with E-state index in [1.54, 1.807) is 13.8 Å². The van der Waals surface area contributed by atoms with Crippen LogP contribution in [-0.2, 0) is 10.1 Å². The van der Waals surface area contributed by atoms with Gasteiger partial charge in [-0.25, -0.2) is 4.99 Å². The summed E-state index contributed by atoms with van der Waals surface area (Å²) in [4.78, 5) is 6.79. The lowest BCUT2D eigenvalue weighted by Crippen LogP contribution is -2.12. The molecule has 0 atom stereocenters. The highest BCUT2D eigenvalue weighted by molar-refractivity contribution is 8.01. The summed E-state index contributed by atoms with van der Waals surface area (Å²) < 4.78 is 29.3. The highest BCUT2D eigenvalue weighted by Crippen LogP contribution is 1.91. The first-order valence-electron chi connectivity index (χ1n) is 2.84. The minimum absolute atomic E-state index is 0.517. The van der Waals surface area contributed by atoms with Gasteiger partial charge < -0.3 is 0 Å². The fraction of sp³-hybridized carbons (Fsp3) is 0.600. The fourth-order valence-corrected chi connectivity index (χ4v) is 0.943. The molecule has 0 radical (unpaired) electrons. The van der Waals surface area contributed by atoms with Crippen LogP contribution >= 0.6 is 0 Å². The highest BCUT2D eigenvalue weighted by atomic mass is 32.2. The van der Waals surface area contributed by atoms with E-state index in [2.05, 4.69) is 9.98 Å². The summed E-state index contributed by atoms with van der Waals surface area (Å²) in [5.41, 5.74) is 0.517. The van der Waals surface area contributed by atoms with E-state index in [0.717, 1.165) is 0 Å². The predicted molar refractivity (Wildman–Crippen MR) is 43.7 cm³/mol. The summed E-state index contributed by atoms with van der Waals surface area (Å²) in [7, 11) is -3.00. The van der Waals surface area contributed by atoms with Crippen LogP contribution in [-0.4, -0.2) is 30.9 Å². The lowest BCUT2D eigenvalue weighted by molar-refractivity contribution is 0.497. The zero-order valence-corrected chi connectivity index (χ0v) is 7.38. The van der Waals surface area contributed by atoms with Gasteiger partial charge in [0, 0.05) is 12.8 Å². The molecule has 0 aliphatic carbocycles. The van der Waals surface area contributed by atoms with E-state index >= 15 is 0 Å². The van der Waals surface area contributed by atoms with Crippen molar-refractivity contribution >= 4 is 21.0 Å². The number of amidine groups is 1. The number of hydrogen-bond donors (Lipinski definition) is 1. The van der Waals surface area contributed by atoms with Gasteiger partial charge in [-0.05, 0) is 13.8 Å². The van der Waals surface area contributed by atoms with Crippen LogP contribution in [0.15, 0.2) is 9.98 Å². The molecule has 0 unspecified atom stereocenters. The Bertz CT molecular complexity index is 285. The molecular weight excluding hydrogens is 168 g/mol. The molecule has 0 rings (SSSR count). The lowest BCUT2D eigenvalue weighted by Gasteiger charge is -1.94. The zero-order chi connectivity index (χ0) is 9.07. The number of nitrogens with zero attached hydrogens (tertiary/aromatic N) is 2. The molecule has 0 aliphatic heterocycles. The van der Waals surface area contributed by atoms with Gasteiger partial charge in [-0.15, -0.1) is 0 Å². The first-order valence-corrected chi connectivity index (χ1v) is 4.28. The first kappa shape index (κ1) is 10.2. The zero-order valence-electron chi connectivity index (χ0n) is 6.57. The third kappa shape index (κ3) is 3.84. The van der Waals surface area contributed by atoms with Gasteiger partial charge in [0.15, 0.2) is 0 Å². The van der Waals surface area contributed by atoms with Crippen molar-refractivity contribution in [1.29, 1.82) is 0 Å². The normalized spacial score (nSPS) is 12.9. The Labute approximate surface area is 65.6 Å². The maximum absolute atomic E-state index is 10.4. The second-order valence-electron chi connectivity index (χ2n) is 2.04. The van der Waals surface area contributed by atoms with Crippen LogP contribution in [0.1, 0.15) is 13.8 Å². The smallest absolute Gasteiger partial charge is 0.279 e. The topological polar surface area (TPSA) is 79.1 Å². The van der Waals surface area contributed by atoms with Crippen molar-refractivity contribution in [1.82, 2.24) is 0 Å². The van der Waals surface area contributed by atoms with Gasteiger partial charge in [-0.3, -0.25) is 9.55 Å². The van der Waals surface area contributed by atoms with Crippen LogP contribution in [0.2, 0.25) is 0 Å². The van der Waals surface area contributed by atoms with Crippen molar-refractivity contribution in [3.05, 3.63) is 0 Å². The van der Waals surface area contributed by atoms with Gasteiger partial charge in [-0.2, -0.15) is 8.42 Å². The molecule has 0 amide bonds. The first-order chi connectivity index (χ1) is 4.88. The Balaban J connectivity index is 4.91. The molecule has 0 aromatic carbocycles. The Hall–Kier alpha value is -0.750. The number of hydrogen-bond acceptors (Lipinski definition) is 3. The maximum atomic E-state index is 10.4. The molecular formula is C5H10N2O3S. The summed E-state index contributed by atoms with van der Waals surface area (Å²) in [6.45, 7) is 3.22. The molecule has 0 saturated carbocycles. The predicted octanol–water partition coefficient (Wildman–Crippen LogP) is 0.341. The van der Waals surface area contributed by atoms with Gasteiger partial charge >= 0.3 is 10.1 Å². The Morgan fingerprint density at radius 3 is 1.91 bits per heavy atom. The number of aliphatic imine (C=N–C) groups is 2. The molecule has 0 spiro atoms. The Morgan fingerprint density at radius 2 is 1.82 bits per heavy atom. The van der Waals surface area contributed by atoms with Crippen LogP contribution in [0.3, 0.4) is 0 Å². The third-order valence-electron chi connectivity index (χ3n) is 0.741. The molecule has 6 heteroatoms. The highest BCUT2D eigenvalue weighted by Gasteiger charge is 2.12. The molecule has 0 saturated heterocycles. The summed E-state index contributed by atoms with van der Waals surface area (Å²) >= 11 is 0. The second kappa shape index (κ2) is 3.59. The van der Waals surface area contributed by atoms with Crippen molar-refractivity contribution < 1.29 is 13.0 Å². The SMILES string of the molecule is CN=C(N=C(C)C)S(=O)(=O)O. The molecule has 0 aromatic heterocycles. The lowest BCUT2D eigenvalue weighted by atomic mass is 10.5. The Morgan fingerprint density at radius 1 is 1.36 bits per heavy atom. The molecule has 0 aliphatic rings. The van der Waals surface area contributed by atoms with Crippen molar-refractivity contribution in [2.24, 2.45) is 9.98 Å². The fourth-order valence-electron chi connectivity index (χ4n) is 0.414. The van der Waals surface area contributed by atoms with E-state index in [1.807, 2.05) is 0 Å². The van der Waals surface area contributed by atoms with Crippen LogP contribution in [0.5, 0.6) is 0 Å². The Kier molecular flexibility index (Phi) is 3.34. The van der Waals surface area contributed by atoms with E-state index in [1.165, 1.54) is 7.05 Å². The van der Waals surface area contributed by atoms with Gasteiger partial charge in [0.1, 0.15) is 0 Å². The third-order valence-corrected chi connectivity index (χ3v) is 1.48. The van der Waals surface area contributed by atoms with E-state index in [4.69, 9.17) is 4.55 Å². The van der Waals surface area contributed by atoms with E-state index in [9.17, 15) is 8.42 Å². The molecule has 0 aromatic rings. The van der Waals surface area contributed by atoms with Crippen LogP contribution in [0.4, 0.5) is 0 Å². The molecule has 0 fully saturated rings. The van der Waals surface area contributed by atoms with Crippen LogP contribution < -0.4 is 0 Å². The summed E-state index contributed by atoms with van der Waals surface area (Å²) in [5.74, 6) is 0. The maximum Gasteiger partial charge on any atom is 0.330 e. The van der Waals surface area contributed by atoms with E-state index in [0.29, 0.717) is 5.71 Å². The van der Waals surface area contributed by atoms with E-state index in [-0.39, 0.29) is 0 Å². The van der Waals surface area contributed by atoms with Crippen LogP contribution in [0.25, 0.3) is 0 Å². The minimum atomic E-state index is -4.25. The standard InChI is InChI=1S/C5H10N2O3S/c1-4(2)7-5(6-3)11(8,9)10/h1-3H3,(H,8,9,10). The monoisotopic (exact) mass is 178 g/mol. The molecule has 5 nitrogen and oxygen atoms in total. The van der Waals surface area contributed by atoms with Gasteiger partial charge in [0.2, 0.25) is 0 Å². The quantitative estimate of drug-likeness (QED) is 0.330. The van der Waals surface area contributed by atoms with Gasteiger partial charge in [0.25, 0.3) is 5.17 Å². The minimum Gasteiger partial charge on any atom is -0.279 e. The van der Waals surface area contributed by atoms with Gasteiger partial charge in [0.05, 0.1) is 0 Å². The molecule has 0 bridgehead atoms. The van der Waals surface area contributed by atoms with Crippen molar-refractivity contribution in [2.75, 3.05) is 7.05 Å². The van der Waals surface area contributed by atoms with E-state index < -0.39 is 15.3 Å². The van der Waals surface area contributed by atoms with Crippen LogP contribution in [0, 0.1) is 0 Å². The van der Waals surface area contributed by atoms with Crippen molar-refractivity contribution in [3.8, 4) is 0 Å². The molecule has 1 N–H and O–H groups in total. The summed E-state index contributed by atoms with van der Waals surface area (Å²) in [6.07, 6.45) is 0. The number of rotatable bonds is 0.